The minimum atomic E-state index is -5.11. The molecule has 1 amide bonds. The molecule has 0 spiro atoms. The number of nitriles is 1. The van der Waals surface area contributed by atoms with Gasteiger partial charge in [-0.3, -0.25) is 19.7 Å². The molecule has 13 heteroatoms. The molecule has 0 aromatic carbocycles. The first-order chi connectivity index (χ1) is 16.2. The highest BCUT2D eigenvalue weighted by Gasteiger charge is 2.54. The van der Waals surface area contributed by atoms with Crippen molar-refractivity contribution in [2.24, 2.45) is 0 Å². The molecule has 0 aliphatic carbocycles. The molecule has 1 aliphatic rings. The summed E-state index contributed by atoms with van der Waals surface area (Å²) in [6.45, 7) is 4.57. The Hall–Kier alpha value is -3.14. The third-order valence-electron chi connectivity index (χ3n) is 5.75. The van der Waals surface area contributed by atoms with Gasteiger partial charge in [-0.15, -0.1) is 0 Å². The molecule has 1 unspecified atom stereocenters. The summed E-state index contributed by atoms with van der Waals surface area (Å²) >= 11 is 0. The highest BCUT2D eigenvalue weighted by molar-refractivity contribution is 7.91. The first-order valence-corrected chi connectivity index (χ1v) is 12.1. The molecule has 2 aromatic rings. The number of hydrogen-bond donors (Lipinski definition) is 0. The zero-order chi connectivity index (χ0) is 26.3. The van der Waals surface area contributed by atoms with Crippen LogP contribution in [0.1, 0.15) is 38.3 Å². The zero-order valence-electron chi connectivity index (χ0n) is 18.9. The van der Waals surface area contributed by atoms with Crippen LogP contribution >= 0.6 is 0 Å². The fourth-order valence-electron chi connectivity index (χ4n) is 3.49. The number of fused-ring (bicyclic) bond motifs is 1. The van der Waals surface area contributed by atoms with E-state index in [4.69, 9.17) is 0 Å². The van der Waals surface area contributed by atoms with Crippen LogP contribution in [0.4, 0.5) is 27.6 Å². The Balaban J connectivity index is 2.16. The van der Waals surface area contributed by atoms with E-state index in [0.29, 0.717) is 5.56 Å². The van der Waals surface area contributed by atoms with E-state index in [-0.39, 0.29) is 38.9 Å². The van der Waals surface area contributed by atoms with Crippen molar-refractivity contribution >= 4 is 21.4 Å². The van der Waals surface area contributed by atoms with Crippen molar-refractivity contribution in [1.29, 1.82) is 5.26 Å². The van der Waals surface area contributed by atoms with Crippen molar-refractivity contribution in [3.8, 4) is 17.5 Å². The SMILES string of the molecule is CCS(=O)(=O)c1cc(C(C)(C)C#N)cnc1-c1cc2c(cn1)N(C(F)C(F)(F)C(F)F)C(=O)CC2. The van der Waals surface area contributed by atoms with Gasteiger partial charge in [-0.1, -0.05) is 6.92 Å². The normalized spacial score (nSPS) is 15.7. The number of nitrogens with zero attached hydrogens (tertiary/aromatic N) is 4. The molecule has 2 aromatic heterocycles. The molecule has 35 heavy (non-hydrogen) atoms. The van der Waals surface area contributed by atoms with Gasteiger partial charge < -0.3 is 0 Å². The van der Waals surface area contributed by atoms with E-state index in [1.54, 1.807) is 13.8 Å². The Morgan fingerprint density at radius 2 is 1.80 bits per heavy atom. The van der Waals surface area contributed by atoms with Crippen LogP contribution in [0.2, 0.25) is 0 Å². The number of hydrogen-bond acceptors (Lipinski definition) is 6. The summed E-state index contributed by atoms with van der Waals surface area (Å²) in [6, 6.07) is 4.62. The molecule has 3 heterocycles. The molecule has 7 nitrogen and oxygen atoms in total. The Kier molecular flexibility index (Phi) is 6.91. The van der Waals surface area contributed by atoms with Gasteiger partial charge in [0.1, 0.15) is 5.69 Å². The molecule has 188 valence electrons. The number of rotatable bonds is 7. The molecule has 0 N–H and O–H groups in total. The van der Waals surface area contributed by atoms with Crippen LogP contribution in [0.5, 0.6) is 0 Å². The third kappa shape index (κ3) is 4.71. The Labute approximate surface area is 198 Å². The topological polar surface area (TPSA) is 104 Å². The first kappa shape index (κ1) is 26.5. The van der Waals surface area contributed by atoms with Crippen molar-refractivity contribution < 1.29 is 35.2 Å². The highest BCUT2D eigenvalue weighted by atomic mass is 32.2. The van der Waals surface area contributed by atoms with Crippen LogP contribution in [0.15, 0.2) is 29.4 Å². The lowest BCUT2D eigenvalue weighted by Crippen LogP contribution is -2.53. The number of aryl methyl sites for hydroxylation is 1. The first-order valence-electron chi connectivity index (χ1n) is 10.4. The summed E-state index contributed by atoms with van der Waals surface area (Å²) in [7, 11) is -3.87. The molecule has 0 fully saturated rings. The quantitative estimate of drug-likeness (QED) is 0.403. The number of aromatic nitrogens is 2. The second kappa shape index (κ2) is 9.14. The van der Waals surface area contributed by atoms with Gasteiger partial charge in [0.25, 0.3) is 0 Å². The van der Waals surface area contributed by atoms with Gasteiger partial charge in [0, 0.05) is 12.6 Å². The van der Waals surface area contributed by atoms with Gasteiger partial charge >= 0.3 is 12.3 Å². The van der Waals surface area contributed by atoms with Crippen LogP contribution in [0.25, 0.3) is 11.4 Å². The zero-order valence-corrected chi connectivity index (χ0v) is 19.7. The highest BCUT2D eigenvalue weighted by Crippen LogP contribution is 2.39. The van der Waals surface area contributed by atoms with E-state index in [1.165, 1.54) is 25.3 Å². The summed E-state index contributed by atoms with van der Waals surface area (Å²) < 4.78 is 92.8. The maximum absolute atomic E-state index is 14.5. The molecule has 1 aliphatic heterocycles. The van der Waals surface area contributed by atoms with E-state index in [2.05, 4.69) is 16.0 Å². The number of anilines is 1. The Morgan fingerprint density at radius 1 is 1.14 bits per heavy atom. The predicted octanol–water partition coefficient (Wildman–Crippen LogP) is 4.21. The standard InChI is InChI=1S/C22H21F5N4O3S/c1-4-35(33,34)16-8-13(21(2,3)11-28)9-30-18(16)14-7-12-5-6-17(32)31(15(12)10-29-14)20(25)22(26,27)19(23)24/h7-10,19-20H,4-6H2,1-3H3. The number of sulfone groups is 1. The molecule has 0 bridgehead atoms. The van der Waals surface area contributed by atoms with Gasteiger partial charge in [-0.05, 0) is 43.5 Å². The van der Waals surface area contributed by atoms with Crippen molar-refractivity contribution in [2.45, 2.75) is 62.6 Å². The number of halogens is 5. The molecular weight excluding hydrogens is 495 g/mol. The Morgan fingerprint density at radius 3 is 2.37 bits per heavy atom. The number of carbonyl (C=O) groups is 1. The molecule has 0 saturated heterocycles. The summed E-state index contributed by atoms with van der Waals surface area (Å²) in [5, 5.41) is 9.40. The predicted molar refractivity (Wildman–Crippen MR) is 115 cm³/mol. The maximum Gasteiger partial charge on any atom is 0.356 e. The average molecular weight is 516 g/mol. The van der Waals surface area contributed by atoms with Crippen molar-refractivity contribution in [1.82, 2.24) is 9.97 Å². The number of amides is 1. The summed E-state index contributed by atoms with van der Waals surface area (Å²) in [4.78, 5) is 20.1. The minimum absolute atomic E-state index is 0.0117. The van der Waals surface area contributed by atoms with Crippen molar-refractivity contribution in [3.05, 3.63) is 35.7 Å². The van der Waals surface area contributed by atoms with Crippen LogP contribution in [0, 0.1) is 11.3 Å². The summed E-state index contributed by atoms with van der Waals surface area (Å²) in [5.74, 6) is -6.52. The molecular formula is C22H21F5N4O3S. The lowest BCUT2D eigenvalue weighted by Gasteiger charge is -2.34. The van der Waals surface area contributed by atoms with E-state index >= 15 is 0 Å². The molecule has 0 saturated carbocycles. The second-order valence-electron chi connectivity index (χ2n) is 8.48. The van der Waals surface area contributed by atoms with Gasteiger partial charge in [-0.2, -0.15) is 14.0 Å². The van der Waals surface area contributed by atoms with Crippen LogP contribution in [-0.4, -0.2) is 48.7 Å². The fourth-order valence-corrected chi connectivity index (χ4v) is 4.56. The van der Waals surface area contributed by atoms with E-state index in [0.717, 1.165) is 6.20 Å². The molecule has 1 atom stereocenters. The van der Waals surface area contributed by atoms with E-state index in [9.17, 15) is 40.4 Å². The third-order valence-corrected chi connectivity index (χ3v) is 7.49. The average Bonchev–Trinajstić information content (AvgIpc) is 2.82. The second-order valence-corrected chi connectivity index (χ2v) is 10.7. The number of carbonyl (C=O) groups excluding carboxylic acids is 1. The monoisotopic (exact) mass is 516 g/mol. The summed E-state index contributed by atoms with van der Waals surface area (Å²) in [5.41, 5.74) is -1.11. The van der Waals surface area contributed by atoms with Crippen LogP contribution < -0.4 is 4.90 Å². The van der Waals surface area contributed by atoms with Crippen LogP contribution in [0.3, 0.4) is 0 Å². The van der Waals surface area contributed by atoms with Gasteiger partial charge in [0.05, 0.1) is 39.7 Å². The van der Waals surface area contributed by atoms with Gasteiger partial charge in [-0.25, -0.2) is 21.6 Å². The van der Waals surface area contributed by atoms with E-state index in [1.807, 2.05) is 0 Å². The van der Waals surface area contributed by atoms with Crippen LogP contribution in [-0.2, 0) is 26.5 Å². The fraction of sp³-hybridized carbons (Fsp3) is 0.455. The minimum Gasteiger partial charge on any atom is -0.274 e. The number of pyridine rings is 2. The van der Waals surface area contributed by atoms with Gasteiger partial charge in [0.2, 0.25) is 12.2 Å². The summed E-state index contributed by atoms with van der Waals surface area (Å²) in [6.07, 6.45) is -6.27. The Bertz CT molecular complexity index is 1310. The van der Waals surface area contributed by atoms with E-state index < -0.39 is 51.9 Å². The van der Waals surface area contributed by atoms with Crippen molar-refractivity contribution in [2.75, 3.05) is 10.7 Å². The van der Waals surface area contributed by atoms with Crippen molar-refractivity contribution in [3.63, 3.8) is 0 Å². The molecule has 3 rings (SSSR count). The smallest absolute Gasteiger partial charge is 0.274 e. The number of alkyl halides is 5. The molecule has 0 radical (unpaired) electrons. The lowest BCUT2D eigenvalue weighted by atomic mass is 9.87. The maximum atomic E-state index is 14.5. The lowest BCUT2D eigenvalue weighted by molar-refractivity contribution is -0.173. The van der Waals surface area contributed by atoms with Gasteiger partial charge in [0.15, 0.2) is 9.84 Å². The largest absolute Gasteiger partial charge is 0.356 e.